The number of aromatic nitrogens is 2. The topological polar surface area (TPSA) is 81.6 Å². The maximum Gasteiger partial charge on any atom is 0.270 e. The smallest absolute Gasteiger partial charge is 0.270 e. The lowest BCUT2D eigenvalue weighted by Gasteiger charge is -2.39. The van der Waals surface area contributed by atoms with Gasteiger partial charge in [-0.3, -0.25) is 9.69 Å². The van der Waals surface area contributed by atoms with Gasteiger partial charge in [0.05, 0.1) is 6.10 Å². The first-order valence-corrected chi connectivity index (χ1v) is 11.7. The number of likely N-dealkylation sites (N-methyl/N-ethyl adjacent to an activating group) is 1. The molecule has 1 aliphatic heterocycles. The van der Waals surface area contributed by atoms with Crippen molar-refractivity contribution < 1.29 is 9.90 Å². The molecule has 32 heavy (non-hydrogen) atoms. The molecular formula is C25H35N5O2. The number of carbonyl (C=O) groups is 1. The summed E-state index contributed by atoms with van der Waals surface area (Å²) in [5.74, 6) is 0.411. The van der Waals surface area contributed by atoms with Crippen LogP contribution in [0.4, 0.5) is 0 Å². The summed E-state index contributed by atoms with van der Waals surface area (Å²) in [7, 11) is 2.16. The molecule has 1 aromatic carbocycles. The number of nitrogens with one attached hydrogen (secondary N) is 1. The first-order valence-electron chi connectivity index (χ1n) is 11.7. The zero-order chi connectivity index (χ0) is 22.6. The van der Waals surface area contributed by atoms with Crippen LogP contribution in [0.3, 0.4) is 0 Å². The van der Waals surface area contributed by atoms with Gasteiger partial charge in [-0.1, -0.05) is 30.3 Å². The van der Waals surface area contributed by atoms with Crippen LogP contribution in [0.15, 0.2) is 42.6 Å². The molecule has 7 nitrogen and oxygen atoms in total. The average molecular weight is 438 g/mol. The van der Waals surface area contributed by atoms with Gasteiger partial charge in [0.2, 0.25) is 0 Å². The first-order chi connectivity index (χ1) is 15.5. The molecule has 0 unspecified atom stereocenters. The van der Waals surface area contributed by atoms with Gasteiger partial charge < -0.3 is 15.3 Å². The highest BCUT2D eigenvalue weighted by atomic mass is 16.3. The van der Waals surface area contributed by atoms with Crippen molar-refractivity contribution in [3.63, 3.8) is 0 Å². The molecule has 1 amide bonds. The summed E-state index contributed by atoms with van der Waals surface area (Å²) < 4.78 is 0. The van der Waals surface area contributed by atoms with Gasteiger partial charge in [-0.05, 0) is 51.3 Å². The number of piperazine rings is 1. The van der Waals surface area contributed by atoms with E-state index in [0.29, 0.717) is 18.1 Å². The molecule has 172 valence electrons. The third-order valence-electron chi connectivity index (χ3n) is 7.27. The Bertz CT molecular complexity index is 900. The zero-order valence-corrected chi connectivity index (χ0v) is 19.2. The summed E-state index contributed by atoms with van der Waals surface area (Å²) in [6, 6.07) is 12.3. The standard InChI is InChI=1S/C25H35N5O2/c1-19-26-13-10-21(28-19)24(32)27-18-25(20-6-4-3-5-7-20)11-8-22(23(31)9-12-25)30-16-14-29(2)15-17-30/h3-7,10,13,22-23,31H,8-9,11-12,14-18H2,1-2H3,(H,27,32)/t22-,23-,25-/m0/s1. The van der Waals surface area contributed by atoms with Gasteiger partial charge in [0.15, 0.2) is 0 Å². The molecule has 7 heteroatoms. The van der Waals surface area contributed by atoms with Crippen LogP contribution >= 0.6 is 0 Å². The number of aliphatic hydroxyl groups is 1. The van der Waals surface area contributed by atoms with Crippen molar-refractivity contribution >= 4 is 5.91 Å². The molecule has 1 aliphatic carbocycles. The Kier molecular flexibility index (Phi) is 7.18. The van der Waals surface area contributed by atoms with E-state index in [1.54, 1.807) is 19.2 Å². The number of amides is 1. The Balaban J connectivity index is 1.52. The van der Waals surface area contributed by atoms with Crippen LogP contribution in [0.2, 0.25) is 0 Å². The summed E-state index contributed by atoms with van der Waals surface area (Å²) in [6.45, 7) is 6.40. The molecule has 1 saturated carbocycles. The second-order valence-electron chi connectivity index (χ2n) is 9.37. The number of benzene rings is 1. The van der Waals surface area contributed by atoms with Gasteiger partial charge in [-0.25, -0.2) is 9.97 Å². The average Bonchev–Trinajstić information content (AvgIpc) is 2.98. The predicted molar refractivity (Wildman–Crippen MR) is 125 cm³/mol. The number of rotatable bonds is 5. The quantitative estimate of drug-likeness (QED) is 0.697. The summed E-state index contributed by atoms with van der Waals surface area (Å²) in [4.78, 5) is 26.0. The number of nitrogens with zero attached hydrogens (tertiary/aromatic N) is 4. The lowest BCUT2D eigenvalue weighted by molar-refractivity contribution is 0.0200. The van der Waals surface area contributed by atoms with E-state index in [1.165, 1.54) is 5.56 Å². The number of hydrogen-bond acceptors (Lipinski definition) is 6. The maximum atomic E-state index is 12.8. The monoisotopic (exact) mass is 437 g/mol. The number of carbonyl (C=O) groups excluding carboxylic acids is 1. The molecule has 1 aromatic heterocycles. The molecule has 1 saturated heterocycles. The first kappa shape index (κ1) is 22.8. The third-order valence-corrected chi connectivity index (χ3v) is 7.27. The minimum Gasteiger partial charge on any atom is -0.391 e. The minimum absolute atomic E-state index is 0.175. The fraction of sp³-hybridized carbons (Fsp3) is 0.560. The molecule has 2 N–H and O–H groups in total. The van der Waals surface area contributed by atoms with Crippen LogP contribution in [0.5, 0.6) is 0 Å². The van der Waals surface area contributed by atoms with Crippen molar-refractivity contribution in [1.82, 2.24) is 25.1 Å². The summed E-state index contributed by atoms with van der Waals surface area (Å²) in [6.07, 6.45) is 4.69. The van der Waals surface area contributed by atoms with E-state index < -0.39 is 0 Å². The molecule has 2 heterocycles. The Hall–Kier alpha value is -2.35. The van der Waals surface area contributed by atoms with Crippen LogP contribution in [-0.2, 0) is 5.41 Å². The SMILES string of the molecule is Cc1nccc(C(=O)NC[C@@]2(c3ccccc3)CC[C@H](O)[C@@H](N3CCN(C)CC3)CC2)n1. The van der Waals surface area contributed by atoms with E-state index >= 15 is 0 Å². The normalized spacial score (nSPS) is 27.6. The van der Waals surface area contributed by atoms with Crippen molar-refractivity contribution in [1.29, 1.82) is 0 Å². The summed E-state index contributed by atoms with van der Waals surface area (Å²) in [5.41, 5.74) is 1.41. The van der Waals surface area contributed by atoms with Gasteiger partial charge in [0, 0.05) is 50.4 Å². The molecule has 2 aliphatic rings. The molecule has 2 fully saturated rings. The van der Waals surface area contributed by atoms with Gasteiger partial charge in [-0.15, -0.1) is 0 Å². The largest absolute Gasteiger partial charge is 0.391 e. The molecule has 0 radical (unpaired) electrons. The highest BCUT2D eigenvalue weighted by molar-refractivity contribution is 5.92. The van der Waals surface area contributed by atoms with E-state index in [0.717, 1.165) is 51.9 Å². The van der Waals surface area contributed by atoms with Crippen LogP contribution < -0.4 is 5.32 Å². The Morgan fingerprint density at radius 1 is 1.12 bits per heavy atom. The number of aryl methyl sites for hydroxylation is 1. The van der Waals surface area contributed by atoms with Crippen molar-refractivity contribution in [2.45, 2.75) is 50.2 Å². The van der Waals surface area contributed by atoms with E-state index in [9.17, 15) is 9.90 Å². The Morgan fingerprint density at radius 2 is 1.84 bits per heavy atom. The van der Waals surface area contributed by atoms with Crippen molar-refractivity contribution in [2.75, 3.05) is 39.8 Å². The number of aliphatic hydroxyl groups excluding tert-OH is 1. The molecule has 3 atom stereocenters. The second kappa shape index (κ2) is 10.1. The van der Waals surface area contributed by atoms with Gasteiger partial charge in [0.25, 0.3) is 5.91 Å². The predicted octanol–water partition coefficient (Wildman–Crippen LogP) is 2.00. The van der Waals surface area contributed by atoms with Crippen molar-refractivity contribution in [3.8, 4) is 0 Å². The van der Waals surface area contributed by atoms with E-state index in [4.69, 9.17) is 0 Å². The third kappa shape index (κ3) is 5.17. The second-order valence-corrected chi connectivity index (χ2v) is 9.37. The number of hydrogen-bond donors (Lipinski definition) is 2. The van der Waals surface area contributed by atoms with E-state index in [-0.39, 0.29) is 23.5 Å². The molecule has 2 aromatic rings. The molecule has 0 bridgehead atoms. The van der Waals surface area contributed by atoms with Crippen LogP contribution in [0.1, 0.15) is 47.6 Å². The molecular weight excluding hydrogens is 402 g/mol. The van der Waals surface area contributed by atoms with Gasteiger partial charge in [-0.2, -0.15) is 0 Å². The Morgan fingerprint density at radius 3 is 2.56 bits per heavy atom. The zero-order valence-electron chi connectivity index (χ0n) is 19.2. The summed E-state index contributed by atoms with van der Waals surface area (Å²) >= 11 is 0. The Labute approximate surface area is 190 Å². The van der Waals surface area contributed by atoms with E-state index in [2.05, 4.69) is 56.4 Å². The van der Waals surface area contributed by atoms with Crippen molar-refractivity contribution in [3.05, 3.63) is 59.7 Å². The van der Waals surface area contributed by atoms with Crippen molar-refractivity contribution in [2.24, 2.45) is 0 Å². The fourth-order valence-corrected chi connectivity index (χ4v) is 5.22. The lowest BCUT2D eigenvalue weighted by atomic mass is 9.74. The lowest BCUT2D eigenvalue weighted by Crippen LogP contribution is -2.52. The maximum absolute atomic E-state index is 12.8. The van der Waals surface area contributed by atoms with Gasteiger partial charge >= 0.3 is 0 Å². The highest BCUT2D eigenvalue weighted by Crippen LogP contribution is 2.39. The van der Waals surface area contributed by atoms with Crippen LogP contribution in [0.25, 0.3) is 0 Å². The van der Waals surface area contributed by atoms with Crippen LogP contribution in [0, 0.1) is 6.92 Å². The minimum atomic E-state index is -0.343. The summed E-state index contributed by atoms with van der Waals surface area (Å²) in [5, 5.41) is 14.2. The fourth-order valence-electron chi connectivity index (χ4n) is 5.22. The molecule has 4 rings (SSSR count). The van der Waals surface area contributed by atoms with Gasteiger partial charge in [0.1, 0.15) is 11.5 Å². The van der Waals surface area contributed by atoms with E-state index in [1.807, 2.05) is 6.07 Å². The van der Waals surface area contributed by atoms with Crippen LogP contribution in [-0.4, -0.2) is 82.7 Å². The molecule has 0 spiro atoms. The highest BCUT2D eigenvalue weighted by Gasteiger charge is 2.40.